The fraction of sp³-hybridized carbons (Fsp3) is 0.278. The van der Waals surface area contributed by atoms with Crippen LogP contribution in [-0.4, -0.2) is 51.3 Å². The van der Waals surface area contributed by atoms with Crippen molar-refractivity contribution in [2.45, 2.75) is 13.3 Å². The second-order valence-electron chi connectivity index (χ2n) is 5.77. The van der Waals surface area contributed by atoms with Gasteiger partial charge in [0.2, 0.25) is 17.7 Å². The Labute approximate surface area is 161 Å². The predicted octanol–water partition coefficient (Wildman–Crippen LogP) is 1.55. The summed E-state index contributed by atoms with van der Waals surface area (Å²) in [5.41, 5.74) is 7.53. The molecule has 0 aliphatic carbocycles. The smallest absolute Gasteiger partial charge is 0.337 e. The standard InChI is InChI=1S/C18H21N7O3/c1-4-13(27-2)14-21-18-23-17(22-16(19)25(18)24-14)20-10-9-11-5-7-12(8-6-11)15(26)28-3/h4-8H,9-10H2,1-3H3,(H3,19,20,21,22,23,24)/b13-4-. The number of hydrogen-bond acceptors (Lipinski definition) is 9. The number of nitrogen functional groups attached to an aromatic ring is 1. The van der Waals surface area contributed by atoms with Gasteiger partial charge in [-0.2, -0.15) is 19.5 Å². The monoisotopic (exact) mass is 383 g/mol. The third-order valence-electron chi connectivity index (χ3n) is 4.01. The lowest BCUT2D eigenvalue weighted by Crippen LogP contribution is -2.12. The number of carbonyl (C=O) groups is 1. The maximum Gasteiger partial charge on any atom is 0.337 e. The van der Waals surface area contributed by atoms with E-state index in [0.29, 0.717) is 41.8 Å². The molecule has 3 rings (SSSR count). The van der Waals surface area contributed by atoms with Crippen LogP contribution in [0.2, 0.25) is 0 Å². The van der Waals surface area contributed by atoms with Crippen molar-refractivity contribution in [3.8, 4) is 0 Å². The van der Waals surface area contributed by atoms with Crippen molar-refractivity contribution in [2.24, 2.45) is 0 Å². The van der Waals surface area contributed by atoms with Gasteiger partial charge >= 0.3 is 5.97 Å². The van der Waals surface area contributed by atoms with Gasteiger partial charge in [0, 0.05) is 6.54 Å². The van der Waals surface area contributed by atoms with Gasteiger partial charge in [-0.3, -0.25) is 0 Å². The molecule has 0 aliphatic heterocycles. The van der Waals surface area contributed by atoms with Crippen LogP contribution in [0.15, 0.2) is 30.3 Å². The maximum absolute atomic E-state index is 11.5. The van der Waals surface area contributed by atoms with Crippen LogP contribution in [0.5, 0.6) is 0 Å². The molecule has 28 heavy (non-hydrogen) atoms. The minimum Gasteiger partial charge on any atom is -0.493 e. The molecule has 0 saturated heterocycles. The quantitative estimate of drug-likeness (QED) is 0.461. The summed E-state index contributed by atoms with van der Waals surface area (Å²) in [6.45, 7) is 2.40. The van der Waals surface area contributed by atoms with Crippen LogP contribution in [0, 0.1) is 0 Å². The summed E-state index contributed by atoms with van der Waals surface area (Å²) in [6.07, 6.45) is 2.46. The van der Waals surface area contributed by atoms with Gasteiger partial charge in [-0.15, -0.1) is 5.10 Å². The van der Waals surface area contributed by atoms with E-state index < -0.39 is 0 Å². The first-order chi connectivity index (χ1) is 13.5. The fourth-order valence-electron chi connectivity index (χ4n) is 2.57. The maximum atomic E-state index is 11.5. The Morgan fingerprint density at radius 2 is 1.93 bits per heavy atom. The molecule has 0 spiro atoms. The SMILES string of the molecule is C/C=C(\OC)c1nc2nc(NCCc3ccc(C(=O)OC)cc3)nc(N)n2n1. The molecule has 10 nitrogen and oxygen atoms in total. The number of nitrogens with two attached hydrogens (primary N) is 1. The molecular formula is C18H21N7O3. The van der Waals surface area contributed by atoms with Crippen molar-refractivity contribution < 1.29 is 14.3 Å². The summed E-state index contributed by atoms with van der Waals surface area (Å²) in [7, 11) is 2.90. The topological polar surface area (TPSA) is 130 Å². The molecule has 0 aliphatic rings. The molecule has 1 aromatic carbocycles. The Bertz CT molecular complexity index is 1010. The number of esters is 1. The molecule has 3 aromatic rings. The van der Waals surface area contributed by atoms with Crippen LogP contribution in [0.4, 0.5) is 11.9 Å². The van der Waals surface area contributed by atoms with Crippen LogP contribution < -0.4 is 11.1 Å². The average Bonchev–Trinajstić information content (AvgIpc) is 3.13. The zero-order valence-electron chi connectivity index (χ0n) is 15.8. The van der Waals surface area contributed by atoms with Crippen LogP contribution in [0.3, 0.4) is 0 Å². The number of allylic oxidation sites excluding steroid dienone is 1. The number of ether oxygens (including phenoxy) is 2. The zero-order valence-corrected chi connectivity index (χ0v) is 15.8. The van der Waals surface area contributed by atoms with E-state index in [1.807, 2.05) is 19.1 Å². The Balaban J connectivity index is 1.68. The van der Waals surface area contributed by atoms with Crippen molar-refractivity contribution in [1.29, 1.82) is 0 Å². The normalized spacial score (nSPS) is 11.5. The Kier molecular flexibility index (Phi) is 5.68. The molecule has 2 aromatic heterocycles. The molecule has 0 fully saturated rings. The summed E-state index contributed by atoms with van der Waals surface area (Å²) in [5, 5.41) is 7.37. The van der Waals surface area contributed by atoms with E-state index in [9.17, 15) is 4.79 Å². The lowest BCUT2D eigenvalue weighted by molar-refractivity contribution is 0.0600. The van der Waals surface area contributed by atoms with Crippen molar-refractivity contribution in [3.05, 3.63) is 47.3 Å². The predicted molar refractivity (Wildman–Crippen MR) is 104 cm³/mol. The Morgan fingerprint density at radius 1 is 1.18 bits per heavy atom. The van der Waals surface area contributed by atoms with Crippen LogP contribution in [-0.2, 0) is 15.9 Å². The summed E-state index contributed by atoms with van der Waals surface area (Å²) >= 11 is 0. The largest absolute Gasteiger partial charge is 0.493 e. The number of nitrogens with one attached hydrogen (secondary N) is 1. The highest BCUT2D eigenvalue weighted by Gasteiger charge is 2.13. The molecule has 0 atom stereocenters. The third-order valence-corrected chi connectivity index (χ3v) is 4.01. The van der Waals surface area contributed by atoms with Crippen LogP contribution in [0.25, 0.3) is 11.5 Å². The highest BCUT2D eigenvalue weighted by atomic mass is 16.5. The Morgan fingerprint density at radius 3 is 2.57 bits per heavy atom. The zero-order chi connectivity index (χ0) is 20.1. The average molecular weight is 383 g/mol. The number of fused-ring (bicyclic) bond motifs is 1. The lowest BCUT2D eigenvalue weighted by Gasteiger charge is -2.06. The summed E-state index contributed by atoms with van der Waals surface area (Å²) in [5.74, 6) is 1.39. The van der Waals surface area contributed by atoms with Crippen molar-refractivity contribution >= 4 is 29.4 Å². The van der Waals surface area contributed by atoms with Gasteiger partial charge in [0.1, 0.15) is 0 Å². The highest BCUT2D eigenvalue weighted by molar-refractivity contribution is 5.89. The van der Waals surface area contributed by atoms with Crippen LogP contribution in [0.1, 0.15) is 28.7 Å². The fourth-order valence-corrected chi connectivity index (χ4v) is 2.57. The minimum absolute atomic E-state index is 0.167. The number of hydrogen-bond donors (Lipinski definition) is 2. The van der Waals surface area contributed by atoms with E-state index in [2.05, 4.69) is 30.1 Å². The van der Waals surface area contributed by atoms with Gasteiger partial charge in [-0.25, -0.2) is 4.79 Å². The first-order valence-electron chi connectivity index (χ1n) is 8.57. The van der Waals surface area contributed by atoms with Gasteiger partial charge in [0.15, 0.2) is 5.76 Å². The number of anilines is 2. The number of carbonyl (C=O) groups excluding carboxylic acids is 1. The Hall–Kier alpha value is -3.69. The molecule has 0 radical (unpaired) electrons. The minimum atomic E-state index is -0.357. The first-order valence-corrected chi connectivity index (χ1v) is 8.57. The molecule has 0 amide bonds. The van der Waals surface area contributed by atoms with Gasteiger partial charge in [0.25, 0.3) is 5.78 Å². The molecule has 2 heterocycles. The second kappa shape index (κ2) is 8.33. The van der Waals surface area contributed by atoms with E-state index in [1.54, 1.807) is 25.3 Å². The molecule has 3 N–H and O–H groups in total. The van der Waals surface area contributed by atoms with Gasteiger partial charge in [-0.05, 0) is 37.1 Å². The highest BCUT2D eigenvalue weighted by Crippen LogP contribution is 2.14. The van der Waals surface area contributed by atoms with Crippen molar-refractivity contribution in [2.75, 3.05) is 31.8 Å². The van der Waals surface area contributed by atoms with E-state index in [-0.39, 0.29) is 11.9 Å². The van der Waals surface area contributed by atoms with E-state index in [0.717, 1.165) is 5.56 Å². The molecule has 0 unspecified atom stereocenters. The van der Waals surface area contributed by atoms with Crippen LogP contribution >= 0.6 is 0 Å². The summed E-state index contributed by atoms with van der Waals surface area (Å²) < 4.78 is 11.3. The van der Waals surface area contributed by atoms with Crippen molar-refractivity contribution in [1.82, 2.24) is 24.6 Å². The number of aromatic nitrogens is 5. The van der Waals surface area contributed by atoms with E-state index in [4.69, 9.17) is 10.5 Å². The second-order valence-corrected chi connectivity index (χ2v) is 5.77. The van der Waals surface area contributed by atoms with Gasteiger partial charge in [-0.1, -0.05) is 12.1 Å². The van der Waals surface area contributed by atoms with E-state index in [1.165, 1.54) is 11.6 Å². The molecule has 0 saturated carbocycles. The number of benzene rings is 1. The van der Waals surface area contributed by atoms with Crippen molar-refractivity contribution in [3.63, 3.8) is 0 Å². The number of methoxy groups -OCH3 is 2. The molecule has 10 heteroatoms. The first kappa shape index (κ1) is 19.1. The lowest BCUT2D eigenvalue weighted by atomic mass is 10.1. The van der Waals surface area contributed by atoms with Gasteiger partial charge in [0.05, 0.1) is 19.8 Å². The van der Waals surface area contributed by atoms with Gasteiger partial charge < -0.3 is 20.5 Å². The number of rotatable bonds is 7. The summed E-state index contributed by atoms with van der Waals surface area (Å²) in [4.78, 5) is 24.3. The molecule has 146 valence electrons. The summed E-state index contributed by atoms with van der Waals surface area (Å²) in [6, 6.07) is 7.21. The third kappa shape index (κ3) is 4.00. The number of nitrogens with zero attached hydrogens (tertiary/aromatic N) is 5. The molecular weight excluding hydrogens is 362 g/mol. The van der Waals surface area contributed by atoms with E-state index >= 15 is 0 Å². The molecule has 0 bridgehead atoms.